The van der Waals surface area contributed by atoms with E-state index in [1.807, 2.05) is 24.3 Å². The van der Waals surface area contributed by atoms with Gasteiger partial charge in [-0.05, 0) is 46.4 Å². The molecule has 0 spiro atoms. The Labute approximate surface area is 199 Å². The first-order valence-corrected chi connectivity index (χ1v) is 12.1. The molecule has 0 radical (unpaired) electrons. The Balaban J connectivity index is 1.92. The van der Waals surface area contributed by atoms with Gasteiger partial charge < -0.3 is 14.9 Å². The first kappa shape index (κ1) is 25.4. The molecule has 1 aromatic heterocycles. The van der Waals surface area contributed by atoms with Crippen molar-refractivity contribution < 1.29 is 28.2 Å². The third-order valence-corrected chi connectivity index (χ3v) is 6.94. The number of carboxylic acid groups (broad SMARTS) is 1. The summed E-state index contributed by atoms with van der Waals surface area (Å²) in [6, 6.07) is 17.1. The molecule has 0 aliphatic heterocycles. The summed E-state index contributed by atoms with van der Waals surface area (Å²) in [6.45, 7) is 6.44. The van der Waals surface area contributed by atoms with E-state index in [9.17, 15) is 18.3 Å². The second-order valence-corrected chi connectivity index (χ2v) is 10.8. The number of aliphatic hydroxyl groups excluding tert-OH is 1. The van der Waals surface area contributed by atoms with Gasteiger partial charge in [0.05, 0.1) is 0 Å². The lowest BCUT2D eigenvalue weighted by Gasteiger charge is -2.24. The van der Waals surface area contributed by atoms with E-state index in [0.29, 0.717) is 5.56 Å². The van der Waals surface area contributed by atoms with Crippen LogP contribution in [-0.2, 0) is 33.3 Å². The summed E-state index contributed by atoms with van der Waals surface area (Å²) in [5, 5.41) is 18.3. The van der Waals surface area contributed by atoms with Crippen LogP contribution in [-0.4, -0.2) is 40.2 Å². The van der Waals surface area contributed by atoms with Gasteiger partial charge in [-0.1, -0.05) is 57.2 Å². The van der Waals surface area contributed by atoms with Crippen molar-refractivity contribution in [3.05, 3.63) is 89.7 Å². The van der Waals surface area contributed by atoms with Crippen molar-refractivity contribution in [1.82, 2.24) is 9.29 Å². The van der Waals surface area contributed by atoms with Gasteiger partial charge in [0.1, 0.15) is 10.6 Å². The van der Waals surface area contributed by atoms with Crippen molar-refractivity contribution in [2.75, 3.05) is 0 Å². The Kier molecular flexibility index (Phi) is 7.71. The molecule has 9 heteroatoms. The second-order valence-electron chi connectivity index (χ2n) is 8.86. The van der Waals surface area contributed by atoms with Crippen molar-refractivity contribution in [3.8, 4) is 5.75 Å². The number of hydrogen-bond donors (Lipinski definition) is 2. The highest BCUT2D eigenvalue weighted by molar-refractivity contribution is 7.89. The maximum absolute atomic E-state index is 13.5. The highest BCUT2D eigenvalue weighted by Gasteiger charge is 2.26. The minimum atomic E-state index is -3.90. The monoisotopic (exact) mass is 484 g/mol. The molecule has 0 aliphatic rings. The maximum atomic E-state index is 13.5. The zero-order valence-electron chi connectivity index (χ0n) is 19.2. The number of ether oxygens (including phenoxy) is 1. The van der Waals surface area contributed by atoms with Crippen molar-refractivity contribution >= 4 is 16.0 Å². The van der Waals surface area contributed by atoms with E-state index < -0.39 is 22.3 Å². The van der Waals surface area contributed by atoms with Gasteiger partial charge in [-0.3, -0.25) is 4.98 Å². The van der Waals surface area contributed by atoms with Crippen molar-refractivity contribution in [3.63, 3.8) is 0 Å². The topological polar surface area (TPSA) is 117 Å². The van der Waals surface area contributed by atoms with E-state index in [1.54, 1.807) is 18.2 Å². The normalized spacial score (nSPS) is 13.0. The Morgan fingerprint density at radius 2 is 1.71 bits per heavy atom. The van der Waals surface area contributed by atoms with E-state index in [2.05, 4.69) is 25.8 Å². The fourth-order valence-corrected chi connectivity index (χ4v) is 4.67. The Morgan fingerprint density at radius 3 is 2.29 bits per heavy atom. The number of aliphatic carboxylic acids is 1. The smallest absolute Gasteiger partial charge is 0.373 e. The lowest BCUT2D eigenvalue weighted by molar-refractivity contribution is -0.162. The molecule has 2 N–H and O–H groups in total. The summed E-state index contributed by atoms with van der Waals surface area (Å²) >= 11 is 0. The minimum absolute atomic E-state index is 0.00137. The summed E-state index contributed by atoms with van der Waals surface area (Å²) in [5.41, 5.74) is 2.49. The number of benzene rings is 2. The Hall–Kier alpha value is -3.27. The third-order valence-electron chi connectivity index (χ3n) is 5.17. The summed E-state index contributed by atoms with van der Waals surface area (Å²) in [6.07, 6.45) is 0.781. The number of carbonyl (C=O) groups is 1. The van der Waals surface area contributed by atoms with Gasteiger partial charge in [-0.2, -0.15) is 4.31 Å². The molecule has 2 aromatic carbocycles. The van der Waals surface area contributed by atoms with Crippen LogP contribution in [0.2, 0.25) is 0 Å². The number of hydrogen-bond acceptors (Lipinski definition) is 6. The molecule has 0 bridgehead atoms. The molecule has 1 atom stereocenters. The second kappa shape index (κ2) is 10.3. The van der Waals surface area contributed by atoms with Crippen LogP contribution >= 0.6 is 0 Å². The molecule has 0 fully saturated rings. The number of nitrogens with zero attached hydrogens (tertiary/aromatic N) is 2. The molecular weight excluding hydrogens is 456 g/mol. The fraction of sp³-hybridized carbons (Fsp3) is 0.280. The van der Waals surface area contributed by atoms with Crippen LogP contribution in [0.4, 0.5) is 0 Å². The van der Waals surface area contributed by atoms with Crippen molar-refractivity contribution in [1.29, 1.82) is 0 Å². The van der Waals surface area contributed by atoms with Crippen LogP contribution in [0, 0.1) is 0 Å². The summed E-state index contributed by atoms with van der Waals surface area (Å²) < 4.78 is 33.2. The predicted molar refractivity (Wildman–Crippen MR) is 127 cm³/mol. The number of aromatic nitrogens is 1. The van der Waals surface area contributed by atoms with Gasteiger partial charge in [0, 0.05) is 25.5 Å². The predicted octanol–water partition coefficient (Wildman–Crippen LogP) is 3.55. The van der Waals surface area contributed by atoms with Crippen LogP contribution in [0.25, 0.3) is 0 Å². The quantitative estimate of drug-likeness (QED) is 0.446. The van der Waals surface area contributed by atoms with Gasteiger partial charge in [0.15, 0.2) is 0 Å². The molecular formula is C25H28N2O6S. The molecule has 0 saturated heterocycles. The number of pyridine rings is 1. The minimum Gasteiger partial charge on any atom is -0.477 e. The first-order valence-electron chi connectivity index (χ1n) is 10.6. The van der Waals surface area contributed by atoms with Crippen LogP contribution in [0.15, 0.2) is 78.0 Å². The van der Waals surface area contributed by atoms with Crippen LogP contribution < -0.4 is 4.74 Å². The molecule has 0 saturated carbocycles. The first-order chi connectivity index (χ1) is 16.0. The number of carboxylic acids is 1. The van der Waals surface area contributed by atoms with E-state index in [-0.39, 0.29) is 29.1 Å². The largest absolute Gasteiger partial charge is 0.477 e. The molecule has 8 nitrogen and oxygen atoms in total. The van der Waals surface area contributed by atoms with Crippen molar-refractivity contribution in [2.45, 2.75) is 50.5 Å². The highest BCUT2D eigenvalue weighted by atomic mass is 32.2. The van der Waals surface area contributed by atoms with Gasteiger partial charge in [0.25, 0.3) is 6.29 Å². The Morgan fingerprint density at radius 1 is 1.03 bits per heavy atom. The van der Waals surface area contributed by atoms with Crippen molar-refractivity contribution in [2.24, 2.45) is 0 Å². The SMILES string of the molecule is CC(C)(C)c1ccc(CN(Cc2cccc(OC(O)C(=O)O)c2)S(=O)(=O)c2cccnc2)cc1. The van der Waals surface area contributed by atoms with E-state index in [1.165, 1.54) is 34.9 Å². The molecule has 1 heterocycles. The van der Waals surface area contributed by atoms with Crippen LogP contribution in [0.1, 0.15) is 37.5 Å². The average molecular weight is 485 g/mol. The van der Waals surface area contributed by atoms with Crippen LogP contribution in [0.5, 0.6) is 5.75 Å². The molecule has 0 amide bonds. The molecule has 3 rings (SSSR count). The molecule has 3 aromatic rings. The maximum Gasteiger partial charge on any atom is 0.373 e. The summed E-state index contributed by atoms with van der Waals surface area (Å²) in [5.74, 6) is -1.41. The van der Waals surface area contributed by atoms with Gasteiger partial charge in [0.2, 0.25) is 10.0 Å². The molecule has 1 unspecified atom stereocenters. The van der Waals surface area contributed by atoms with Gasteiger partial charge >= 0.3 is 5.97 Å². The summed E-state index contributed by atoms with van der Waals surface area (Å²) in [4.78, 5) is 14.9. The number of aliphatic hydroxyl groups is 1. The Bertz CT molecular complexity index is 1220. The third kappa shape index (κ3) is 6.40. The average Bonchev–Trinajstić information content (AvgIpc) is 2.79. The fourth-order valence-electron chi connectivity index (χ4n) is 3.29. The zero-order chi connectivity index (χ0) is 24.9. The van der Waals surface area contributed by atoms with E-state index in [0.717, 1.165) is 11.1 Å². The van der Waals surface area contributed by atoms with Gasteiger partial charge in [-0.25, -0.2) is 13.2 Å². The highest BCUT2D eigenvalue weighted by Crippen LogP contribution is 2.25. The standard InChI is InChI=1S/C25H28N2O6S/c1-25(2,3)20-11-9-18(10-12-20)16-27(34(31,32)22-8-5-13-26-15-22)17-19-6-4-7-21(14-19)33-24(30)23(28)29/h4-15,24,30H,16-17H2,1-3H3,(H,28,29). The molecule has 0 aliphatic carbocycles. The number of rotatable bonds is 9. The summed E-state index contributed by atoms with van der Waals surface area (Å²) in [7, 11) is -3.90. The molecule has 34 heavy (non-hydrogen) atoms. The van der Waals surface area contributed by atoms with Crippen LogP contribution in [0.3, 0.4) is 0 Å². The lowest BCUT2D eigenvalue weighted by atomic mass is 9.87. The van der Waals surface area contributed by atoms with Gasteiger partial charge in [-0.15, -0.1) is 0 Å². The lowest BCUT2D eigenvalue weighted by Crippen LogP contribution is -2.30. The zero-order valence-corrected chi connectivity index (χ0v) is 20.1. The number of sulfonamides is 1. The van der Waals surface area contributed by atoms with E-state index in [4.69, 9.17) is 9.84 Å². The van der Waals surface area contributed by atoms with E-state index >= 15 is 0 Å². The molecule has 180 valence electrons.